The number of carbonyl (C=O) groups is 3. The molecule has 0 bridgehead atoms. The average molecular weight is 268 g/mol. The number of Topliss-reactive ketones (excluding diaryl/α,β-unsaturated/α-hetero) is 1. The molecule has 5 heteroatoms. The maximum Gasteiger partial charge on any atom is 0.316 e. The number of rotatable bonds is 3. The predicted molar refractivity (Wildman–Crippen MR) is 66.3 cm³/mol. The highest BCUT2D eigenvalue weighted by Gasteiger charge is 2.67. The molecule has 0 heterocycles. The minimum absolute atomic E-state index is 0.125. The monoisotopic (exact) mass is 268 g/mol. The molecule has 0 aliphatic heterocycles. The highest BCUT2D eigenvalue weighted by Crippen LogP contribution is 2.56. The van der Waals surface area contributed by atoms with Gasteiger partial charge in [-0.05, 0) is 39.0 Å². The Labute approximate surface area is 112 Å². The third kappa shape index (κ3) is 1.95. The van der Waals surface area contributed by atoms with Crippen molar-refractivity contribution in [1.82, 2.24) is 0 Å². The number of esters is 2. The van der Waals surface area contributed by atoms with Gasteiger partial charge >= 0.3 is 11.9 Å². The van der Waals surface area contributed by atoms with Crippen LogP contribution in [0.1, 0.15) is 52.4 Å². The van der Waals surface area contributed by atoms with Crippen LogP contribution in [0.4, 0.5) is 0 Å². The molecular formula is C14H20O5. The number of hydrogen-bond acceptors (Lipinski definition) is 5. The topological polar surface area (TPSA) is 69.7 Å². The third-order valence-corrected chi connectivity index (χ3v) is 4.35. The van der Waals surface area contributed by atoms with Gasteiger partial charge in [0.2, 0.25) is 0 Å². The summed E-state index contributed by atoms with van der Waals surface area (Å²) in [4.78, 5) is 36.1. The summed E-state index contributed by atoms with van der Waals surface area (Å²) in [6.07, 6.45) is 3.28. The van der Waals surface area contributed by atoms with Gasteiger partial charge in [-0.1, -0.05) is 0 Å². The zero-order valence-corrected chi connectivity index (χ0v) is 11.5. The molecule has 0 saturated heterocycles. The average Bonchev–Trinajstić information content (AvgIpc) is 2.71. The normalized spacial score (nSPS) is 33.7. The molecule has 0 N–H and O–H groups in total. The Hall–Kier alpha value is -1.39. The Morgan fingerprint density at radius 1 is 1.21 bits per heavy atom. The number of carbonyl (C=O) groups excluding carboxylic acids is 3. The molecule has 0 radical (unpaired) electrons. The van der Waals surface area contributed by atoms with Crippen molar-refractivity contribution in [1.29, 1.82) is 0 Å². The molecule has 2 saturated carbocycles. The van der Waals surface area contributed by atoms with Crippen molar-refractivity contribution >= 4 is 17.7 Å². The third-order valence-electron chi connectivity index (χ3n) is 4.35. The summed E-state index contributed by atoms with van der Waals surface area (Å²) in [6, 6.07) is 0. The first-order valence-electron chi connectivity index (χ1n) is 6.88. The Morgan fingerprint density at radius 2 is 1.89 bits per heavy atom. The lowest BCUT2D eigenvalue weighted by Crippen LogP contribution is -2.59. The van der Waals surface area contributed by atoms with E-state index in [0.29, 0.717) is 38.5 Å². The summed E-state index contributed by atoms with van der Waals surface area (Å²) in [6.45, 7) is 3.29. The Bertz CT molecular complexity index is 416. The van der Waals surface area contributed by atoms with Gasteiger partial charge in [-0.3, -0.25) is 14.4 Å². The van der Waals surface area contributed by atoms with Gasteiger partial charge in [0, 0.05) is 13.3 Å². The number of ketones is 1. The fourth-order valence-corrected chi connectivity index (χ4v) is 3.66. The maximum absolute atomic E-state index is 12.4. The van der Waals surface area contributed by atoms with Crippen LogP contribution in [-0.4, -0.2) is 29.9 Å². The summed E-state index contributed by atoms with van der Waals surface area (Å²) in [5.41, 5.74) is -2.23. The molecule has 0 aromatic carbocycles. The second-order valence-electron chi connectivity index (χ2n) is 5.35. The SMILES string of the molecule is CCOC(=O)[C@]12CCCC(=O)[C@@]1(OC(C)=O)CCC2. The second-order valence-corrected chi connectivity index (χ2v) is 5.35. The van der Waals surface area contributed by atoms with Gasteiger partial charge in [0.25, 0.3) is 0 Å². The summed E-state index contributed by atoms with van der Waals surface area (Å²) >= 11 is 0. The molecule has 2 aliphatic carbocycles. The standard InChI is InChI=1S/C14H20O5/c1-3-18-12(17)13-7-4-6-11(16)14(13,9-5-8-13)19-10(2)15/h3-9H2,1-2H3/t13-,14+/m1/s1. The molecule has 0 aromatic heterocycles. The van der Waals surface area contributed by atoms with Crippen molar-refractivity contribution in [2.45, 2.75) is 58.0 Å². The van der Waals surface area contributed by atoms with Gasteiger partial charge in [0.1, 0.15) is 5.41 Å². The number of ether oxygens (including phenoxy) is 2. The number of hydrogen-bond donors (Lipinski definition) is 0. The Kier molecular flexibility index (Phi) is 3.65. The molecule has 5 nitrogen and oxygen atoms in total. The van der Waals surface area contributed by atoms with E-state index in [1.807, 2.05) is 0 Å². The van der Waals surface area contributed by atoms with Gasteiger partial charge in [-0.2, -0.15) is 0 Å². The van der Waals surface area contributed by atoms with E-state index < -0.39 is 17.0 Å². The first kappa shape index (κ1) is 14.0. The van der Waals surface area contributed by atoms with Gasteiger partial charge in [0.05, 0.1) is 6.61 Å². The van der Waals surface area contributed by atoms with E-state index in [0.717, 1.165) is 0 Å². The molecule has 19 heavy (non-hydrogen) atoms. The quantitative estimate of drug-likeness (QED) is 0.730. The summed E-state index contributed by atoms with van der Waals surface area (Å²) in [7, 11) is 0. The fraction of sp³-hybridized carbons (Fsp3) is 0.786. The lowest BCUT2D eigenvalue weighted by Gasteiger charge is -2.44. The van der Waals surface area contributed by atoms with Gasteiger partial charge in [-0.15, -0.1) is 0 Å². The molecule has 0 aromatic rings. The summed E-state index contributed by atoms with van der Waals surface area (Å²) in [5, 5.41) is 0. The minimum atomic E-state index is -1.27. The van der Waals surface area contributed by atoms with E-state index in [9.17, 15) is 14.4 Å². The van der Waals surface area contributed by atoms with Crippen molar-refractivity contribution < 1.29 is 23.9 Å². The number of fused-ring (bicyclic) bond motifs is 1. The molecular weight excluding hydrogens is 248 g/mol. The van der Waals surface area contributed by atoms with Crippen molar-refractivity contribution in [3.63, 3.8) is 0 Å². The maximum atomic E-state index is 12.4. The predicted octanol–water partition coefficient (Wildman–Crippen LogP) is 1.77. The van der Waals surface area contributed by atoms with E-state index in [-0.39, 0.29) is 18.4 Å². The molecule has 106 valence electrons. The smallest absolute Gasteiger partial charge is 0.316 e. The highest BCUT2D eigenvalue weighted by atomic mass is 16.6. The van der Waals surface area contributed by atoms with Gasteiger partial charge < -0.3 is 9.47 Å². The molecule has 0 amide bonds. The molecule has 0 unspecified atom stereocenters. The van der Waals surface area contributed by atoms with Crippen LogP contribution in [0.2, 0.25) is 0 Å². The van der Waals surface area contributed by atoms with E-state index in [1.54, 1.807) is 6.92 Å². The Morgan fingerprint density at radius 3 is 2.53 bits per heavy atom. The van der Waals surface area contributed by atoms with Crippen molar-refractivity contribution in [3.05, 3.63) is 0 Å². The Balaban J connectivity index is 2.44. The van der Waals surface area contributed by atoms with Crippen LogP contribution in [-0.2, 0) is 23.9 Å². The van der Waals surface area contributed by atoms with E-state index in [1.165, 1.54) is 6.92 Å². The molecule has 2 atom stereocenters. The van der Waals surface area contributed by atoms with Crippen LogP contribution in [0, 0.1) is 5.41 Å². The molecule has 2 rings (SSSR count). The van der Waals surface area contributed by atoms with Crippen LogP contribution < -0.4 is 0 Å². The highest BCUT2D eigenvalue weighted by molar-refractivity contribution is 5.98. The zero-order chi connectivity index (χ0) is 14.1. The summed E-state index contributed by atoms with van der Waals surface area (Å²) in [5.74, 6) is -1.02. The first-order chi connectivity index (χ1) is 8.98. The molecule has 0 spiro atoms. The minimum Gasteiger partial charge on any atom is -0.465 e. The van der Waals surface area contributed by atoms with Crippen molar-refractivity contribution in [2.75, 3.05) is 6.61 Å². The zero-order valence-electron chi connectivity index (χ0n) is 11.5. The van der Waals surface area contributed by atoms with Crippen molar-refractivity contribution in [3.8, 4) is 0 Å². The summed E-state index contributed by atoms with van der Waals surface area (Å²) < 4.78 is 10.6. The second kappa shape index (κ2) is 4.94. The fourth-order valence-electron chi connectivity index (χ4n) is 3.66. The van der Waals surface area contributed by atoms with E-state index >= 15 is 0 Å². The van der Waals surface area contributed by atoms with Crippen LogP contribution >= 0.6 is 0 Å². The van der Waals surface area contributed by atoms with Crippen LogP contribution in [0.3, 0.4) is 0 Å². The van der Waals surface area contributed by atoms with Crippen LogP contribution in [0.15, 0.2) is 0 Å². The van der Waals surface area contributed by atoms with Gasteiger partial charge in [0.15, 0.2) is 11.4 Å². The lowest BCUT2D eigenvalue weighted by atomic mass is 9.64. The van der Waals surface area contributed by atoms with Crippen LogP contribution in [0.25, 0.3) is 0 Å². The van der Waals surface area contributed by atoms with Gasteiger partial charge in [-0.25, -0.2) is 0 Å². The lowest BCUT2D eigenvalue weighted by molar-refractivity contribution is -0.195. The molecule has 2 aliphatic rings. The van der Waals surface area contributed by atoms with Crippen molar-refractivity contribution in [2.24, 2.45) is 5.41 Å². The first-order valence-corrected chi connectivity index (χ1v) is 6.88. The largest absolute Gasteiger partial charge is 0.465 e. The molecule has 2 fully saturated rings. The van der Waals surface area contributed by atoms with Crippen LogP contribution in [0.5, 0.6) is 0 Å². The van der Waals surface area contributed by atoms with E-state index in [2.05, 4.69) is 0 Å². The van der Waals surface area contributed by atoms with E-state index in [4.69, 9.17) is 9.47 Å².